The number of piperidine rings is 1. The molecule has 0 N–H and O–H groups in total. The van der Waals surface area contributed by atoms with Gasteiger partial charge in [0.1, 0.15) is 5.82 Å². The summed E-state index contributed by atoms with van der Waals surface area (Å²) >= 11 is 0. The standard InChI is InChI=1S/C25H31N9O/c1-15-8-10-31(13-15)22-16(2)14-33-21(27-22)12-19(30-33)20-7-5-6-9-32(20)24(35)23-28-29-25-26-17(3)11-18(4)34(23)25/h11-12,14-15,20H,5-10,13H2,1-4H3/t15-,20-/m0/s1. The van der Waals surface area contributed by atoms with Gasteiger partial charge < -0.3 is 9.80 Å². The minimum atomic E-state index is -0.135. The number of hydrogen-bond donors (Lipinski definition) is 0. The summed E-state index contributed by atoms with van der Waals surface area (Å²) < 4.78 is 3.60. The number of rotatable bonds is 3. The van der Waals surface area contributed by atoms with Gasteiger partial charge in [0.25, 0.3) is 11.7 Å². The Bertz CT molecular complexity index is 1440. The highest BCUT2D eigenvalue weighted by Gasteiger charge is 2.33. The lowest BCUT2D eigenvalue weighted by molar-refractivity contribution is 0.0591. The van der Waals surface area contributed by atoms with Crippen LogP contribution in [0.5, 0.6) is 0 Å². The number of fused-ring (bicyclic) bond motifs is 2. The van der Waals surface area contributed by atoms with Crippen molar-refractivity contribution >= 4 is 23.1 Å². The summed E-state index contributed by atoms with van der Waals surface area (Å²) in [5, 5.41) is 13.3. The van der Waals surface area contributed by atoms with Crippen LogP contribution in [0, 0.1) is 26.7 Å². The average molecular weight is 474 g/mol. The maximum Gasteiger partial charge on any atom is 0.292 e. The first-order chi connectivity index (χ1) is 16.9. The highest BCUT2D eigenvalue weighted by Crippen LogP contribution is 2.33. The Kier molecular flexibility index (Phi) is 5.19. The molecular weight excluding hydrogens is 442 g/mol. The molecule has 0 radical (unpaired) electrons. The molecule has 35 heavy (non-hydrogen) atoms. The van der Waals surface area contributed by atoms with E-state index in [4.69, 9.17) is 10.1 Å². The maximum absolute atomic E-state index is 13.7. The molecule has 4 aromatic heterocycles. The van der Waals surface area contributed by atoms with Crippen LogP contribution >= 0.6 is 0 Å². The Labute approximate surface area is 204 Å². The van der Waals surface area contributed by atoms with Gasteiger partial charge in [0.15, 0.2) is 5.65 Å². The summed E-state index contributed by atoms with van der Waals surface area (Å²) in [4.78, 5) is 27.4. The number of nitrogens with zero attached hydrogens (tertiary/aromatic N) is 9. The Balaban J connectivity index is 1.35. The van der Waals surface area contributed by atoms with Crippen LogP contribution in [0.2, 0.25) is 0 Å². The summed E-state index contributed by atoms with van der Waals surface area (Å²) in [6.45, 7) is 11.0. The van der Waals surface area contributed by atoms with Crippen molar-refractivity contribution in [1.82, 2.24) is 39.1 Å². The van der Waals surface area contributed by atoms with Gasteiger partial charge in [0.2, 0.25) is 5.82 Å². The lowest BCUT2D eigenvalue weighted by Gasteiger charge is -2.34. The first kappa shape index (κ1) is 21.9. The topological polar surface area (TPSA) is 96.8 Å². The van der Waals surface area contributed by atoms with Crippen molar-refractivity contribution in [3.63, 3.8) is 0 Å². The lowest BCUT2D eigenvalue weighted by Crippen LogP contribution is -2.39. The van der Waals surface area contributed by atoms with Gasteiger partial charge in [-0.25, -0.2) is 14.5 Å². The fourth-order valence-corrected chi connectivity index (χ4v) is 5.61. The summed E-state index contributed by atoms with van der Waals surface area (Å²) in [6.07, 6.45) is 6.12. The van der Waals surface area contributed by atoms with Crippen molar-refractivity contribution in [1.29, 1.82) is 0 Å². The normalized spacial score (nSPS) is 20.9. The van der Waals surface area contributed by atoms with E-state index < -0.39 is 0 Å². The van der Waals surface area contributed by atoms with Crippen molar-refractivity contribution in [3.05, 3.63) is 46.8 Å². The van der Waals surface area contributed by atoms with Gasteiger partial charge in [0.05, 0.1) is 11.7 Å². The van der Waals surface area contributed by atoms with Crippen LogP contribution in [0.25, 0.3) is 11.4 Å². The molecule has 10 nitrogen and oxygen atoms in total. The van der Waals surface area contributed by atoms with Crippen LogP contribution < -0.4 is 4.90 Å². The zero-order valence-electron chi connectivity index (χ0n) is 20.8. The molecule has 2 saturated heterocycles. The number of aryl methyl sites for hydroxylation is 3. The van der Waals surface area contributed by atoms with Crippen molar-refractivity contribution < 1.29 is 4.79 Å². The first-order valence-electron chi connectivity index (χ1n) is 12.5. The molecule has 0 spiro atoms. The zero-order valence-corrected chi connectivity index (χ0v) is 20.8. The molecule has 6 rings (SSSR count). The fourth-order valence-electron chi connectivity index (χ4n) is 5.61. The van der Waals surface area contributed by atoms with Crippen LogP contribution in [0.15, 0.2) is 18.3 Å². The van der Waals surface area contributed by atoms with Crippen molar-refractivity contribution in [2.75, 3.05) is 24.5 Å². The molecule has 0 unspecified atom stereocenters. The van der Waals surface area contributed by atoms with E-state index in [1.165, 1.54) is 6.42 Å². The SMILES string of the molecule is Cc1cc(C)n2c(C(=O)N3CCCC[C@H]3c3cc4nc(N5CC[C@H](C)C5)c(C)cn4n3)nnc2n1. The Morgan fingerprint density at radius 1 is 1.03 bits per heavy atom. The number of aromatic nitrogens is 7. The number of anilines is 1. The van der Waals surface area contributed by atoms with Gasteiger partial charge in [-0.3, -0.25) is 9.20 Å². The van der Waals surface area contributed by atoms with Gasteiger partial charge >= 0.3 is 0 Å². The molecule has 10 heteroatoms. The van der Waals surface area contributed by atoms with Gasteiger partial charge in [-0.15, -0.1) is 10.2 Å². The van der Waals surface area contributed by atoms with Crippen molar-refractivity contribution in [3.8, 4) is 0 Å². The van der Waals surface area contributed by atoms with E-state index in [0.29, 0.717) is 24.1 Å². The number of likely N-dealkylation sites (tertiary alicyclic amines) is 1. The summed E-state index contributed by atoms with van der Waals surface area (Å²) in [7, 11) is 0. The van der Waals surface area contributed by atoms with Crippen LogP contribution in [-0.2, 0) is 0 Å². The van der Waals surface area contributed by atoms with Gasteiger partial charge in [0, 0.05) is 48.8 Å². The zero-order chi connectivity index (χ0) is 24.3. The number of amides is 1. The number of carbonyl (C=O) groups excluding carboxylic acids is 1. The molecule has 0 saturated carbocycles. The molecule has 182 valence electrons. The van der Waals surface area contributed by atoms with Crippen LogP contribution in [0.3, 0.4) is 0 Å². The van der Waals surface area contributed by atoms with E-state index in [-0.39, 0.29) is 11.9 Å². The third-order valence-corrected chi connectivity index (χ3v) is 7.34. The van der Waals surface area contributed by atoms with Crippen molar-refractivity contribution in [2.45, 2.75) is 59.4 Å². The second kappa shape index (κ2) is 8.28. The average Bonchev–Trinajstić information content (AvgIpc) is 3.56. The lowest BCUT2D eigenvalue weighted by atomic mass is 9.99. The minimum absolute atomic E-state index is 0.125. The monoisotopic (exact) mass is 473 g/mol. The second-order valence-electron chi connectivity index (χ2n) is 10.2. The maximum atomic E-state index is 13.7. The highest BCUT2D eigenvalue weighted by molar-refractivity contribution is 5.91. The smallest absolute Gasteiger partial charge is 0.292 e. The Hall–Kier alpha value is -3.56. The molecule has 2 fully saturated rings. The van der Waals surface area contributed by atoms with Crippen LogP contribution in [0.1, 0.15) is 71.9 Å². The van der Waals surface area contributed by atoms with E-state index in [1.54, 1.807) is 4.40 Å². The third-order valence-electron chi connectivity index (χ3n) is 7.34. The molecule has 1 amide bonds. The van der Waals surface area contributed by atoms with E-state index in [9.17, 15) is 4.79 Å². The molecule has 2 atom stereocenters. The molecule has 4 aromatic rings. The summed E-state index contributed by atoms with van der Waals surface area (Å²) in [5.41, 5.74) is 4.56. The molecule has 2 aliphatic rings. The molecular formula is C25H31N9O. The largest absolute Gasteiger partial charge is 0.356 e. The molecule has 0 aliphatic carbocycles. The highest BCUT2D eigenvalue weighted by atomic mass is 16.2. The Morgan fingerprint density at radius 3 is 2.69 bits per heavy atom. The number of hydrogen-bond acceptors (Lipinski definition) is 7. The first-order valence-corrected chi connectivity index (χ1v) is 12.5. The van der Waals surface area contributed by atoms with Gasteiger partial charge in [-0.1, -0.05) is 6.92 Å². The van der Waals surface area contributed by atoms with Crippen molar-refractivity contribution in [2.24, 2.45) is 5.92 Å². The van der Waals surface area contributed by atoms with E-state index in [1.807, 2.05) is 35.4 Å². The fraction of sp³-hybridized carbons (Fsp3) is 0.520. The predicted octanol–water partition coefficient (Wildman–Crippen LogP) is 3.31. The Morgan fingerprint density at radius 2 is 1.89 bits per heavy atom. The molecule has 0 aromatic carbocycles. The van der Waals surface area contributed by atoms with E-state index >= 15 is 0 Å². The quantitative estimate of drug-likeness (QED) is 0.450. The number of carbonyl (C=O) groups is 1. The summed E-state index contributed by atoms with van der Waals surface area (Å²) in [6, 6.07) is 3.85. The minimum Gasteiger partial charge on any atom is -0.356 e. The van der Waals surface area contributed by atoms with Crippen LogP contribution in [0.4, 0.5) is 5.82 Å². The molecule has 0 bridgehead atoms. The predicted molar refractivity (Wildman–Crippen MR) is 132 cm³/mol. The van der Waals surface area contributed by atoms with Gasteiger partial charge in [-0.05, 0) is 58.4 Å². The molecule has 6 heterocycles. The van der Waals surface area contributed by atoms with Gasteiger partial charge in [-0.2, -0.15) is 5.10 Å². The van der Waals surface area contributed by atoms with E-state index in [2.05, 4.69) is 40.1 Å². The van der Waals surface area contributed by atoms with Crippen LogP contribution in [-0.4, -0.2) is 64.6 Å². The third kappa shape index (κ3) is 3.71. The van der Waals surface area contributed by atoms with E-state index in [0.717, 1.165) is 66.5 Å². The summed E-state index contributed by atoms with van der Waals surface area (Å²) in [5.74, 6) is 2.35. The second-order valence-corrected chi connectivity index (χ2v) is 10.2. The molecule has 2 aliphatic heterocycles.